The van der Waals surface area contributed by atoms with E-state index in [1.54, 1.807) is 38.2 Å². The Labute approximate surface area is 155 Å². The second kappa shape index (κ2) is 6.05. The lowest BCUT2D eigenvalue weighted by molar-refractivity contribution is -0.130. The Bertz CT molecular complexity index is 1070. The molecule has 2 N–H and O–H groups in total. The zero-order chi connectivity index (χ0) is 19.2. The predicted molar refractivity (Wildman–Crippen MR) is 99.2 cm³/mol. The molecule has 27 heavy (non-hydrogen) atoms. The maximum atomic E-state index is 12.9. The Hall–Kier alpha value is -3.48. The average molecular weight is 362 g/mol. The SMILES string of the molecule is Cc1[nH]c2ccccc2c1C(=O)CN1C(=O)N[C@](C)(c2ccccn2)C1=O. The Kier molecular flexibility index (Phi) is 3.80. The number of ketones is 1. The van der Waals surface area contributed by atoms with Gasteiger partial charge in [-0.3, -0.25) is 19.5 Å². The van der Waals surface area contributed by atoms with Crippen molar-refractivity contribution in [3.05, 3.63) is 65.6 Å². The molecule has 0 saturated carbocycles. The highest BCUT2D eigenvalue weighted by Gasteiger charge is 2.50. The van der Waals surface area contributed by atoms with E-state index in [1.165, 1.54) is 0 Å². The lowest BCUT2D eigenvalue weighted by atomic mass is 9.97. The molecule has 7 nitrogen and oxygen atoms in total. The summed E-state index contributed by atoms with van der Waals surface area (Å²) in [5, 5.41) is 3.44. The number of nitrogens with one attached hydrogen (secondary N) is 2. The van der Waals surface area contributed by atoms with Gasteiger partial charge in [0.15, 0.2) is 11.3 Å². The first-order chi connectivity index (χ1) is 12.9. The van der Waals surface area contributed by atoms with Crippen LogP contribution in [0.15, 0.2) is 48.7 Å². The minimum absolute atomic E-state index is 0.293. The van der Waals surface area contributed by atoms with Gasteiger partial charge in [-0.25, -0.2) is 4.79 Å². The third-order valence-corrected chi connectivity index (χ3v) is 4.93. The molecular formula is C20H18N4O3. The number of H-pyrrole nitrogens is 1. The molecule has 1 aliphatic heterocycles. The van der Waals surface area contributed by atoms with Gasteiger partial charge >= 0.3 is 6.03 Å². The van der Waals surface area contributed by atoms with Gasteiger partial charge in [-0.05, 0) is 32.0 Å². The van der Waals surface area contributed by atoms with Crippen LogP contribution in [0.3, 0.4) is 0 Å². The number of rotatable bonds is 4. The topological polar surface area (TPSA) is 95.2 Å². The smallest absolute Gasteiger partial charge is 0.325 e. The summed E-state index contributed by atoms with van der Waals surface area (Å²) in [7, 11) is 0. The maximum Gasteiger partial charge on any atom is 0.325 e. The summed E-state index contributed by atoms with van der Waals surface area (Å²) < 4.78 is 0. The van der Waals surface area contributed by atoms with Crippen LogP contribution >= 0.6 is 0 Å². The van der Waals surface area contributed by atoms with E-state index < -0.39 is 17.5 Å². The van der Waals surface area contributed by atoms with Gasteiger partial charge in [0.1, 0.15) is 0 Å². The number of aromatic nitrogens is 2. The highest BCUT2D eigenvalue weighted by Crippen LogP contribution is 2.28. The molecule has 2 aromatic heterocycles. The molecule has 4 rings (SSSR count). The van der Waals surface area contributed by atoms with Crippen molar-refractivity contribution in [3.63, 3.8) is 0 Å². The molecule has 3 amide bonds. The van der Waals surface area contributed by atoms with Gasteiger partial charge in [0, 0.05) is 28.4 Å². The van der Waals surface area contributed by atoms with Gasteiger partial charge in [0.2, 0.25) is 0 Å². The number of amides is 3. The standard InChI is InChI=1S/C20H18N4O3/c1-12-17(13-7-3-4-8-14(13)22-12)15(25)11-24-18(26)20(2,23-19(24)27)16-9-5-6-10-21-16/h3-10,22H,11H2,1-2H3,(H,23,27)/t20-/m1/s1. The summed E-state index contributed by atoms with van der Waals surface area (Å²) in [5.74, 6) is -0.782. The molecule has 0 unspecified atom stereocenters. The molecular weight excluding hydrogens is 344 g/mol. The molecule has 0 bridgehead atoms. The lowest BCUT2D eigenvalue weighted by Gasteiger charge is -2.20. The third kappa shape index (κ3) is 2.59. The molecule has 1 saturated heterocycles. The molecule has 3 heterocycles. The molecule has 0 spiro atoms. The van der Waals surface area contributed by atoms with Crippen LogP contribution in [0.4, 0.5) is 4.79 Å². The number of urea groups is 1. The van der Waals surface area contributed by atoms with Gasteiger partial charge in [-0.2, -0.15) is 0 Å². The van der Waals surface area contributed by atoms with Crippen molar-refractivity contribution in [1.82, 2.24) is 20.2 Å². The summed E-state index contributed by atoms with van der Waals surface area (Å²) >= 11 is 0. The number of Topliss-reactive ketones (excluding diaryl/α,β-unsaturated/α-hetero) is 1. The summed E-state index contributed by atoms with van der Waals surface area (Å²) in [6.07, 6.45) is 1.56. The van der Waals surface area contributed by atoms with E-state index in [0.29, 0.717) is 17.0 Å². The summed E-state index contributed by atoms with van der Waals surface area (Å²) in [5.41, 5.74) is 1.20. The second-order valence-corrected chi connectivity index (χ2v) is 6.76. The number of hydrogen-bond donors (Lipinski definition) is 2. The van der Waals surface area contributed by atoms with Gasteiger partial charge in [-0.1, -0.05) is 24.3 Å². The molecule has 1 aromatic carbocycles. The number of aryl methyl sites for hydroxylation is 1. The van der Waals surface area contributed by atoms with Crippen molar-refractivity contribution in [3.8, 4) is 0 Å². The largest absolute Gasteiger partial charge is 0.358 e. The second-order valence-electron chi connectivity index (χ2n) is 6.76. The monoisotopic (exact) mass is 362 g/mol. The number of pyridine rings is 1. The lowest BCUT2D eigenvalue weighted by Crippen LogP contribution is -2.42. The molecule has 1 aliphatic rings. The van der Waals surface area contributed by atoms with Crippen molar-refractivity contribution in [2.75, 3.05) is 6.54 Å². The fourth-order valence-corrected chi connectivity index (χ4v) is 3.53. The first-order valence-electron chi connectivity index (χ1n) is 8.58. The number of nitrogens with zero attached hydrogens (tertiary/aromatic N) is 2. The van der Waals surface area contributed by atoms with E-state index in [1.807, 2.05) is 24.3 Å². The minimum atomic E-state index is -1.28. The van der Waals surface area contributed by atoms with Gasteiger partial charge in [0.25, 0.3) is 5.91 Å². The Morgan fingerprint density at radius 1 is 1.15 bits per heavy atom. The molecule has 0 radical (unpaired) electrons. The number of aromatic amines is 1. The van der Waals surface area contributed by atoms with E-state index in [-0.39, 0.29) is 12.3 Å². The number of carbonyl (C=O) groups is 3. The van der Waals surface area contributed by atoms with Crippen LogP contribution in [-0.4, -0.2) is 39.1 Å². The van der Waals surface area contributed by atoms with Crippen LogP contribution < -0.4 is 5.32 Å². The Morgan fingerprint density at radius 2 is 1.89 bits per heavy atom. The summed E-state index contributed by atoms with van der Waals surface area (Å²) in [6.45, 7) is 3.07. The minimum Gasteiger partial charge on any atom is -0.358 e. The van der Waals surface area contributed by atoms with E-state index in [0.717, 1.165) is 15.8 Å². The zero-order valence-corrected chi connectivity index (χ0v) is 14.9. The van der Waals surface area contributed by atoms with Crippen molar-refractivity contribution >= 4 is 28.6 Å². The molecule has 7 heteroatoms. The number of carbonyl (C=O) groups excluding carboxylic acids is 3. The van der Waals surface area contributed by atoms with E-state index >= 15 is 0 Å². The van der Waals surface area contributed by atoms with Gasteiger partial charge in [0.05, 0.1) is 12.2 Å². The number of fused-ring (bicyclic) bond motifs is 1. The van der Waals surface area contributed by atoms with Crippen LogP contribution in [-0.2, 0) is 10.3 Å². The van der Waals surface area contributed by atoms with E-state index in [4.69, 9.17) is 0 Å². The molecule has 1 atom stereocenters. The highest BCUT2D eigenvalue weighted by atomic mass is 16.2. The number of benzene rings is 1. The van der Waals surface area contributed by atoms with Crippen LogP contribution in [0.25, 0.3) is 10.9 Å². The molecule has 136 valence electrons. The Morgan fingerprint density at radius 3 is 2.63 bits per heavy atom. The average Bonchev–Trinajstić information content (AvgIpc) is 3.11. The molecule has 1 fully saturated rings. The van der Waals surface area contributed by atoms with E-state index in [9.17, 15) is 14.4 Å². The van der Waals surface area contributed by atoms with Crippen LogP contribution in [0, 0.1) is 6.92 Å². The third-order valence-electron chi connectivity index (χ3n) is 4.93. The maximum absolute atomic E-state index is 12.9. The van der Waals surface area contributed by atoms with Gasteiger partial charge < -0.3 is 10.3 Å². The summed E-state index contributed by atoms with van der Waals surface area (Å²) in [4.78, 5) is 46.6. The normalized spacial score (nSPS) is 19.6. The first kappa shape index (κ1) is 17.0. The van der Waals surface area contributed by atoms with Crippen LogP contribution in [0.2, 0.25) is 0 Å². The first-order valence-corrected chi connectivity index (χ1v) is 8.58. The van der Waals surface area contributed by atoms with Crippen molar-refractivity contribution in [2.24, 2.45) is 0 Å². The fraction of sp³-hybridized carbons (Fsp3) is 0.200. The predicted octanol–water partition coefficient (Wildman–Crippen LogP) is 2.52. The Balaban J connectivity index is 1.65. The molecule has 3 aromatic rings. The molecule has 0 aliphatic carbocycles. The highest BCUT2D eigenvalue weighted by molar-refractivity contribution is 6.15. The van der Waals surface area contributed by atoms with Crippen LogP contribution in [0.1, 0.15) is 28.7 Å². The zero-order valence-electron chi connectivity index (χ0n) is 14.9. The number of para-hydroxylation sites is 1. The van der Waals surface area contributed by atoms with Crippen molar-refractivity contribution in [1.29, 1.82) is 0 Å². The van der Waals surface area contributed by atoms with Gasteiger partial charge in [-0.15, -0.1) is 0 Å². The summed E-state index contributed by atoms with van der Waals surface area (Å²) in [6, 6.07) is 12.0. The van der Waals surface area contributed by atoms with Crippen molar-refractivity contribution in [2.45, 2.75) is 19.4 Å². The number of hydrogen-bond acceptors (Lipinski definition) is 4. The quantitative estimate of drug-likeness (QED) is 0.551. The fourth-order valence-electron chi connectivity index (χ4n) is 3.53. The van der Waals surface area contributed by atoms with E-state index in [2.05, 4.69) is 15.3 Å². The van der Waals surface area contributed by atoms with Crippen molar-refractivity contribution < 1.29 is 14.4 Å². The number of imide groups is 1. The van der Waals surface area contributed by atoms with Crippen LogP contribution in [0.5, 0.6) is 0 Å².